The molecule has 1 unspecified atom stereocenters. The van der Waals surface area contributed by atoms with Crippen LogP contribution in [0.15, 0.2) is 24.3 Å². The topological polar surface area (TPSA) is 77.3 Å². The minimum Gasteiger partial charge on any atom is -0.293 e. The van der Waals surface area contributed by atoms with Crippen LogP contribution in [0.5, 0.6) is 0 Å². The molecule has 0 aromatic heterocycles. The van der Waals surface area contributed by atoms with E-state index in [2.05, 4.69) is 0 Å². The van der Waals surface area contributed by atoms with E-state index in [9.17, 15) is 19.1 Å². The van der Waals surface area contributed by atoms with Crippen molar-refractivity contribution in [3.05, 3.63) is 39.9 Å². The molecule has 20 heavy (non-hydrogen) atoms. The predicted octanol–water partition coefficient (Wildman–Crippen LogP) is 2.86. The van der Waals surface area contributed by atoms with Crippen molar-refractivity contribution in [3.8, 4) is 0 Å². The quantitative estimate of drug-likeness (QED) is 0.475. The van der Waals surface area contributed by atoms with Gasteiger partial charge in [0.25, 0.3) is 5.69 Å². The van der Waals surface area contributed by atoms with Crippen LogP contribution in [0.1, 0.15) is 42.5 Å². The van der Waals surface area contributed by atoms with Crippen molar-refractivity contribution in [3.63, 3.8) is 0 Å². The van der Waals surface area contributed by atoms with Crippen molar-refractivity contribution < 1.29 is 13.9 Å². The van der Waals surface area contributed by atoms with Crippen LogP contribution in [-0.2, 0) is 10.8 Å². The van der Waals surface area contributed by atoms with Crippen molar-refractivity contribution in [1.29, 1.82) is 0 Å². The normalized spacial score (nSPS) is 17.6. The summed E-state index contributed by atoms with van der Waals surface area (Å²) in [5.74, 6) is -0.316. The summed E-state index contributed by atoms with van der Waals surface area (Å²) in [6, 6.07) is 5.61. The first-order valence-electron chi connectivity index (χ1n) is 6.73. The number of carbonyl (C=O) groups excluding carboxylic acids is 1. The largest absolute Gasteiger partial charge is 0.293 e. The van der Waals surface area contributed by atoms with E-state index in [0.717, 1.165) is 25.7 Å². The van der Waals surface area contributed by atoms with Crippen LogP contribution in [0, 0.1) is 10.1 Å². The maximum atomic E-state index is 12.2. The van der Waals surface area contributed by atoms with Gasteiger partial charge in [0, 0.05) is 33.7 Å². The number of benzene rings is 1. The Bertz CT molecular complexity index is 538. The first-order valence-corrected chi connectivity index (χ1v) is 8.11. The zero-order valence-electron chi connectivity index (χ0n) is 11.1. The number of ketones is 1. The Morgan fingerprint density at radius 1 is 1.30 bits per heavy atom. The fourth-order valence-electron chi connectivity index (χ4n) is 2.45. The van der Waals surface area contributed by atoms with Gasteiger partial charge in [-0.25, -0.2) is 0 Å². The number of nitro benzene ring substituents is 1. The summed E-state index contributed by atoms with van der Waals surface area (Å²) in [6.07, 6.45) is 5.14. The number of nitro groups is 1. The van der Waals surface area contributed by atoms with Crippen LogP contribution in [0.4, 0.5) is 5.69 Å². The first kappa shape index (κ1) is 14.8. The lowest BCUT2D eigenvalue weighted by Crippen LogP contribution is -2.24. The number of nitrogens with zero attached hydrogens (tertiary/aromatic N) is 1. The van der Waals surface area contributed by atoms with E-state index >= 15 is 0 Å². The molecule has 0 aliphatic heterocycles. The van der Waals surface area contributed by atoms with Gasteiger partial charge < -0.3 is 0 Å². The molecule has 0 bridgehead atoms. The number of carbonyl (C=O) groups is 1. The third-order valence-electron chi connectivity index (χ3n) is 3.58. The average Bonchev–Trinajstić information content (AvgIpc) is 2.48. The molecule has 108 valence electrons. The summed E-state index contributed by atoms with van der Waals surface area (Å²) >= 11 is 0. The number of non-ortho nitro benzene ring substituents is 1. The third-order valence-corrected chi connectivity index (χ3v) is 5.34. The van der Waals surface area contributed by atoms with Gasteiger partial charge in [-0.15, -0.1) is 0 Å². The lowest BCUT2D eigenvalue weighted by molar-refractivity contribution is -0.384. The highest BCUT2D eigenvalue weighted by atomic mass is 32.2. The molecule has 0 saturated heterocycles. The van der Waals surface area contributed by atoms with E-state index in [-0.39, 0.29) is 28.0 Å². The van der Waals surface area contributed by atoms with E-state index in [0.29, 0.717) is 0 Å². The third kappa shape index (κ3) is 3.72. The minimum absolute atomic E-state index is 0.0359. The molecule has 0 radical (unpaired) electrons. The van der Waals surface area contributed by atoms with E-state index in [1.807, 2.05) is 0 Å². The smallest absolute Gasteiger partial charge is 0.270 e. The summed E-state index contributed by atoms with van der Waals surface area (Å²) in [6.45, 7) is 0. The molecule has 1 aromatic rings. The standard InChI is InChI=1S/C14H17NO4S/c16-14(10-20(19)13-7-2-1-3-8-13)11-5-4-6-12(9-11)15(17)18/h4-6,9,13H,1-3,7-8,10H2. The van der Waals surface area contributed by atoms with E-state index in [1.54, 1.807) is 0 Å². The Hall–Kier alpha value is -1.56. The highest BCUT2D eigenvalue weighted by molar-refractivity contribution is 7.86. The highest BCUT2D eigenvalue weighted by Gasteiger charge is 2.22. The highest BCUT2D eigenvalue weighted by Crippen LogP contribution is 2.23. The monoisotopic (exact) mass is 295 g/mol. The lowest BCUT2D eigenvalue weighted by Gasteiger charge is -2.20. The Kier molecular flexibility index (Phi) is 5.00. The molecule has 6 heteroatoms. The molecule has 2 rings (SSSR count). The van der Waals surface area contributed by atoms with Crippen LogP contribution >= 0.6 is 0 Å². The van der Waals surface area contributed by atoms with Crippen LogP contribution < -0.4 is 0 Å². The molecule has 1 aromatic carbocycles. The molecule has 0 N–H and O–H groups in total. The second-order valence-electron chi connectivity index (χ2n) is 5.02. The van der Waals surface area contributed by atoms with Crippen molar-refractivity contribution >= 4 is 22.3 Å². The summed E-state index contributed by atoms with van der Waals surface area (Å²) in [5.41, 5.74) is 0.155. The predicted molar refractivity (Wildman–Crippen MR) is 77.3 cm³/mol. The number of hydrogen-bond acceptors (Lipinski definition) is 4. The lowest BCUT2D eigenvalue weighted by atomic mass is 10.0. The van der Waals surface area contributed by atoms with Gasteiger partial charge in [0.05, 0.1) is 10.7 Å². The molecular weight excluding hydrogens is 278 g/mol. The fraction of sp³-hybridized carbons (Fsp3) is 0.500. The Labute approximate surface area is 120 Å². The minimum atomic E-state index is -1.17. The van der Waals surface area contributed by atoms with Crippen molar-refractivity contribution in [1.82, 2.24) is 0 Å². The summed E-state index contributed by atoms with van der Waals surface area (Å²) in [7, 11) is -1.17. The Morgan fingerprint density at radius 2 is 2.00 bits per heavy atom. The van der Waals surface area contributed by atoms with Gasteiger partial charge in [0.15, 0.2) is 5.78 Å². The molecule has 1 atom stereocenters. The maximum absolute atomic E-state index is 12.2. The first-order chi connectivity index (χ1) is 9.58. The second kappa shape index (κ2) is 6.74. The van der Waals surface area contributed by atoms with Gasteiger partial charge in [-0.05, 0) is 12.8 Å². The van der Waals surface area contributed by atoms with E-state index in [1.165, 1.54) is 30.7 Å². The summed E-state index contributed by atoms with van der Waals surface area (Å²) in [4.78, 5) is 22.2. The summed E-state index contributed by atoms with van der Waals surface area (Å²) in [5, 5.41) is 10.8. The molecule has 0 amide bonds. The van der Waals surface area contributed by atoms with Crippen molar-refractivity contribution in [2.45, 2.75) is 37.4 Å². The zero-order valence-corrected chi connectivity index (χ0v) is 11.9. The molecule has 1 aliphatic carbocycles. The molecule has 1 fully saturated rings. The Balaban J connectivity index is 2.02. The number of Topliss-reactive ketones (excluding diaryl/α,β-unsaturated/α-hetero) is 1. The fourth-order valence-corrected chi connectivity index (χ4v) is 3.97. The summed E-state index contributed by atoms with van der Waals surface area (Å²) < 4.78 is 12.2. The number of hydrogen-bond donors (Lipinski definition) is 0. The van der Waals surface area contributed by atoms with Gasteiger partial charge in [-0.2, -0.15) is 0 Å². The molecule has 0 heterocycles. The molecule has 1 saturated carbocycles. The molecule has 5 nitrogen and oxygen atoms in total. The van der Waals surface area contributed by atoms with Gasteiger partial charge in [0.1, 0.15) is 0 Å². The average molecular weight is 295 g/mol. The van der Waals surface area contributed by atoms with E-state index < -0.39 is 15.7 Å². The maximum Gasteiger partial charge on any atom is 0.270 e. The second-order valence-corrected chi connectivity index (χ2v) is 6.73. The van der Waals surface area contributed by atoms with Crippen LogP contribution in [0.3, 0.4) is 0 Å². The van der Waals surface area contributed by atoms with Crippen molar-refractivity contribution in [2.24, 2.45) is 0 Å². The van der Waals surface area contributed by atoms with Gasteiger partial charge in [-0.3, -0.25) is 19.1 Å². The molecule has 0 spiro atoms. The van der Waals surface area contributed by atoms with E-state index in [4.69, 9.17) is 0 Å². The van der Waals surface area contributed by atoms with Crippen molar-refractivity contribution in [2.75, 3.05) is 5.75 Å². The molecule has 1 aliphatic rings. The van der Waals surface area contributed by atoms with Crippen LogP contribution in [0.2, 0.25) is 0 Å². The number of rotatable bonds is 5. The van der Waals surface area contributed by atoms with Gasteiger partial charge in [0.2, 0.25) is 0 Å². The van der Waals surface area contributed by atoms with Crippen LogP contribution in [-0.4, -0.2) is 25.9 Å². The van der Waals surface area contributed by atoms with Gasteiger partial charge in [-0.1, -0.05) is 31.4 Å². The SMILES string of the molecule is O=C(CS(=O)C1CCCCC1)c1cccc([N+](=O)[O-])c1. The van der Waals surface area contributed by atoms with Crippen LogP contribution in [0.25, 0.3) is 0 Å². The Morgan fingerprint density at radius 3 is 2.65 bits per heavy atom. The van der Waals surface area contributed by atoms with Gasteiger partial charge >= 0.3 is 0 Å². The molecular formula is C14H17NO4S. The zero-order chi connectivity index (χ0) is 14.5.